The standard InChI is InChI=1S/C30H62O12Si7/c1-43-37-28(38-44-2,34-21-24-18-31-24)12-15-49(27-10-8-7-9-11-27,16-13-29(39-45-3,40-46-4)35-22-25-19-32-25)17-14-30(41-47-5,42-48-6)36-23-26-20-33-26/h7-11,24-26H,12-23,43-48H2,1-6H3. The van der Waals surface area contributed by atoms with E-state index in [1.165, 1.54) is 5.19 Å². The topological polar surface area (TPSA) is 121 Å². The minimum Gasteiger partial charge on any atom is -0.377 e. The van der Waals surface area contributed by atoms with Crippen molar-refractivity contribution in [2.24, 2.45) is 0 Å². The van der Waals surface area contributed by atoms with Crippen LogP contribution in [0, 0.1) is 0 Å². The first kappa shape index (κ1) is 42.0. The maximum Gasteiger partial charge on any atom is 0.262 e. The summed E-state index contributed by atoms with van der Waals surface area (Å²) in [7, 11) is -7.64. The molecule has 3 aliphatic rings. The molecule has 3 fully saturated rings. The summed E-state index contributed by atoms with van der Waals surface area (Å²) in [5.41, 5.74) is 0. The molecule has 4 rings (SSSR count). The maximum atomic E-state index is 6.52. The third-order valence-corrected chi connectivity index (χ3v) is 18.5. The van der Waals surface area contributed by atoms with E-state index in [0.717, 1.165) is 38.0 Å². The molecule has 1 aromatic carbocycles. The van der Waals surface area contributed by atoms with Gasteiger partial charge in [-0.15, -0.1) is 0 Å². The summed E-state index contributed by atoms with van der Waals surface area (Å²) in [5, 5.41) is 1.35. The van der Waals surface area contributed by atoms with Gasteiger partial charge in [0, 0.05) is 19.3 Å². The van der Waals surface area contributed by atoms with Crippen LogP contribution in [0.3, 0.4) is 0 Å². The molecule has 3 atom stereocenters. The lowest BCUT2D eigenvalue weighted by atomic mass is 10.4. The predicted molar refractivity (Wildman–Crippen MR) is 208 cm³/mol. The zero-order valence-corrected chi connectivity index (χ0v) is 40.2. The minimum absolute atomic E-state index is 0.109. The van der Waals surface area contributed by atoms with Gasteiger partial charge in [-0.2, -0.15) is 0 Å². The fourth-order valence-corrected chi connectivity index (χ4v) is 16.1. The molecule has 0 spiro atoms. The molecule has 0 amide bonds. The van der Waals surface area contributed by atoms with Gasteiger partial charge < -0.3 is 55.0 Å². The quantitative estimate of drug-likeness (QED) is 0.0553. The summed E-state index contributed by atoms with van der Waals surface area (Å²) in [6.07, 6.45) is 2.19. The van der Waals surface area contributed by atoms with Crippen LogP contribution in [0.15, 0.2) is 30.3 Å². The molecule has 12 nitrogen and oxygen atoms in total. The van der Waals surface area contributed by atoms with Crippen LogP contribution in [-0.2, 0) is 55.0 Å². The van der Waals surface area contributed by atoms with Crippen LogP contribution >= 0.6 is 0 Å². The number of benzene rings is 1. The average molecular weight is 811 g/mol. The van der Waals surface area contributed by atoms with Gasteiger partial charge >= 0.3 is 0 Å². The van der Waals surface area contributed by atoms with E-state index in [1.807, 2.05) is 0 Å². The Morgan fingerprint density at radius 1 is 0.531 bits per heavy atom. The van der Waals surface area contributed by atoms with Crippen molar-refractivity contribution in [1.82, 2.24) is 0 Å². The first-order valence-electron chi connectivity index (χ1n) is 18.5. The number of rotatable bonds is 31. The van der Waals surface area contributed by atoms with E-state index in [1.54, 1.807) is 0 Å². The molecule has 0 saturated carbocycles. The van der Waals surface area contributed by atoms with Gasteiger partial charge in [0.05, 0.1) is 47.7 Å². The van der Waals surface area contributed by atoms with Crippen molar-refractivity contribution in [3.05, 3.63) is 30.3 Å². The van der Waals surface area contributed by atoms with Gasteiger partial charge in [-0.3, -0.25) is 0 Å². The first-order chi connectivity index (χ1) is 23.8. The van der Waals surface area contributed by atoms with Gasteiger partial charge in [0.2, 0.25) is 0 Å². The molecule has 0 radical (unpaired) electrons. The Bertz CT molecular complexity index is 940. The lowest BCUT2D eigenvalue weighted by Crippen LogP contribution is -2.54. The second-order valence-corrected chi connectivity index (χ2v) is 22.4. The Morgan fingerprint density at radius 2 is 0.816 bits per heavy atom. The second-order valence-electron chi connectivity index (χ2n) is 12.6. The zero-order valence-electron chi connectivity index (χ0n) is 30.7. The van der Waals surface area contributed by atoms with Gasteiger partial charge in [0.25, 0.3) is 17.9 Å². The van der Waals surface area contributed by atoms with Crippen LogP contribution < -0.4 is 5.19 Å². The van der Waals surface area contributed by atoms with Gasteiger partial charge in [-0.05, 0) is 18.1 Å². The molecule has 3 aliphatic heterocycles. The molecule has 49 heavy (non-hydrogen) atoms. The van der Waals surface area contributed by atoms with Crippen molar-refractivity contribution >= 4 is 71.8 Å². The van der Waals surface area contributed by atoms with Gasteiger partial charge in [0.1, 0.15) is 18.3 Å². The molecular weight excluding hydrogens is 749 g/mol. The fourth-order valence-electron chi connectivity index (χ4n) is 6.27. The highest BCUT2D eigenvalue weighted by Gasteiger charge is 2.47. The van der Waals surface area contributed by atoms with Crippen LogP contribution in [0.4, 0.5) is 0 Å². The normalized spacial score (nSPS) is 26.3. The molecule has 282 valence electrons. The van der Waals surface area contributed by atoms with E-state index in [0.29, 0.717) is 39.1 Å². The highest BCUT2D eigenvalue weighted by Crippen LogP contribution is 2.38. The van der Waals surface area contributed by atoms with E-state index >= 15 is 0 Å². The summed E-state index contributed by atoms with van der Waals surface area (Å²) < 4.78 is 75.2. The zero-order chi connectivity index (χ0) is 35.1. The summed E-state index contributed by atoms with van der Waals surface area (Å²) in [4.78, 5) is 0. The molecule has 0 bridgehead atoms. The molecule has 3 unspecified atom stereocenters. The van der Waals surface area contributed by atoms with Crippen molar-refractivity contribution in [1.29, 1.82) is 0 Å². The second kappa shape index (κ2) is 21.2. The van der Waals surface area contributed by atoms with Crippen molar-refractivity contribution < 1.29 is 55.0 Å². The van der Waals surface area contributed by atoms with Crippen LogP contribution in [-0.4, -0.2) is 143 Å². The van der Waals surface area contributed by atoms with Crippen molar-refractivity contribution in [2.75, 3.05) is 39.6 Å². The Hall–Kier alpha value is 0.258. The number of ether oxygens (including phenoxy) is 6. The fraction of sp³-hybridized carbons (Fsp3) is 0.800. The van der Waals surface area contributed by atoms with Crippen molar-refractivity contribution in [2.45, 2.75) is 113 Å². The van der Waals surface area contributed by atoms with Gasteiger partial charge in [-0.25, -0.2) is 0 Å². The number of hydrogen-bond acceptors (Lipinski definition) is 12. The average Bonchev–Trinajstić information content (AvgIpc) is 3.95. The van der Waals surface area contributed by atoms with Crippen molar-refractivity contribution in [3.63, 3.8) is 0 Å². The smallest absolute Gasteiger partial charge is 0.262 e. The Balaban J connectivity index is 1.71. The maximum absolute atomic E-state index is 6.52. The summed E-state index contributed by atoms with van der Waals surface area (Å²) in [6.45, 7) is 16.4. The number of epoxide rings is 3. The van der Waals surface area contributed by atoms with Gasteiger partial charge in [0.15, 0.2) is 58.6 Å². The molecular formula is C30H62O12Si7. The van der Waals surface area contributed by atoms with E-state index in [-0.39, 0.29) is 18.3 Å². The Morgan fingerprint density at radius 3 is 1.06 bits per heavy atom. The molecule has 3 saturated heterocycles. The summed E-state index contributed by atoms with van der Waals surface area (Å²) in [6, 6.07) is 13.5. The number of hydrogen-bond donors (Lipinski definition) is 0. The molecule has 0 aromatic heterocycles. The largest absolute Gasteiger partial charge is 0.377 e. The van der Waals surface area contributed by atoms with E-state index in [4.69, 9.17) is 55.0 Å². The van der Waals surface area contributed by atoms with Crippen LogP contribution in [0.2, 0.25) is 57.4 Å². The van der Waals surface area contributed by atoms with E-state index in [9.17, 15) is 0 Å². The highest BCUT2D eigenvalue weighted by molar-refractivity contribution is 6.92. The summed E-state index contributed by atoms with van der Waals surface area (Å²) >= 11 is 0. The Labute approximate surface area is 308 Å². The van der Waals surface area contributed by atoms with Gasteiger partial charge in [-0.1, -0.05) is 74.8 Å². The van der Waals surface area contributed by atoms with Crippen LogP contribution in [0.5, 0.6) is 0 Å². The minimum atomic E-state index is -2.52. The Kier molecular flexibility index (Phi) is 18.2. The third kappa shape index (κ3) is 13.9. The molecule has 1 aromatic rings. The highest BCUT2D eigenvalue weighted by atomic mass is 28.3. The van der Waals surface area contributed by atoms with Crippen LogP contribution in [0.1, 0.15) is 19.3 Å². The molecule has 0 N–H and O–H groups in total. The van der Waals surface area contributed by atoms with E-state index < -0.39 is 84.6 Å². The lowest BCUT2D eigenvalue weighted by Gasteiger charge is -2.43. The third-order valence-electron chi connectivity index (χ3n) is 8.98. The lowest BCUT2D eigenvalue weighted by molar-refractivity contribution is -0.307. The first-order valence-corrected chi connectivity index (χ1v) is 33.1. The molecule has 0 aliphatic carbocycles. The molecule has 19 heteroatoms. The SMILES string of the molecule is C[SiH2]OC(CC[Si](CCC(OCC1CO1)(O[SiH2]C)O[SiH2]C)(CCC(OCC1CO1)(O[SiH2]C)O[SiH2]C)c1ccccc1)(OCC1CO1)O[SiH2]C. The summed E-state index contributed by atoms with van der Waals surface area (Å²) in [5.74, 6) is -3.18. The predicted octanol–water partition coefficient (Wildman–Crippen LogP) is -0.389. The monoisotopic (exact) mass is 810 g/mol. The van der Waals surface area contributed by atoms with E-state index in [2.05, 4.69) is 69.6 Å². The van der Waals surface area contributed by atoms with Crippen LogP contribution in [0.25, 0.3) is 0 Å². The molecule has 3 heterocycles. The van der Waals surface area contributed by atoms with Crippen molar-refractivity contribution in [3.8, 4) is 0 Å².